The third-order valence-corrected chi connectivity index (χ3v) is 6.53. The van der Waals surface area contributed by atoms with Crippen molar-refractivity contribution in [3.63, 3.8) is 0 Å². The van der Waals surface area contributed by atoms with Crippen molar-refractivity contribution < 1.29 is 23.8 Å². The molecule has 2 aromatic heterocycles. The minimum atomic E-state index is -1.10. The number of fused-ring (bicyclic) bond motifs is 4. The molecule has 0 aliphatic carbocycles. The number of nitrogens with one attached hydrogen (secondary N) is 1. The fraction of sp³-hybridized carbons (Fsp3) is 0.357. The highest BCUT2D eigenvalue weighted by Crippen LogP contribution is 2.35. The average Bonchev–Trinajstić information content (AvgIpc) is 2.85. The molecule has 194 valence electrons. The quantitative estimate of drug-likeness (QED) is 0.537. The second kappa shape index (κ2) is 11.8. The van der Waals surface area contributed by atoms with E-state index in [0.717, 1.165) is 19.3 Å². The van der Waals surface area contributed by atoms with Gasteiger partial charge in [0.15, 0.2) is 0 Å². The van der Waals surface area contributed by atoms with Crippen LogP contribution in [0.3, 0.4) is 0 Å². The summed E-state index contributed by atoms with van der Waals surface area (Å²) in [6, 6.07) is 7.52. The summed E-state index contributed by atoms with van der Waals surface area (Å²) >= 11 is 0. The molecule has 1 aliphatic rings. The van der Waals surface area contributed by atoms with Gasteiger partial charge >= 0.3 is 5.97 Å². The van der Waals surface area contributed by atoms with Gasteiger partial charge in [-0.05, 0) is 49.1 Å². The Kier molecular flexibility index (Phi) is 8.32. The van der Waals surface area contributed by atoms with Gasteiger partial charge in [0.2, 0.25) is 5.91 Å². The number of hydrogen-bond donors (Lipinski definition) is 2. The van der Waals surface area contributed by atoms with Gasteiger partial charge in [-0.2, -0.15) is 0 Å². The van der Waals surface area contributed by atoms with Crippen LogP contribution in [0.25, 0.3) is 11.1 Å². The fourth-order valence-electron chi connectivity index (χ4n) is 4.75. The molecule has 3 heterocycles. The SMILES string of the molecule is Cc1cc(F)cc2c1-c1cncc(c1)[C@H](CC(=O)O)NC(=O)[C@@H](n1ccccc1=O)CCCCCCO2. The van der Waals surface area contributed by atoms with Gasteiger partial charge in [0.05, 0.1) is 19.1 Å². The summed E-state index contributed by atoms with van der Waals surface area (Å²) in [4.78, 5) is 42.1. The minimum absolute atomic E-state index is 0.303. The molecule has 0 spiro atoms. The van der Waals surface area contributed by atoms with Crippen molar-refractivity contribution in [1.29, 1.82) is 0 Å². The number of halogens is 1. The lowest BCUT2D eigenvalue weighted by Gasteiger charge is -2.24. The molecule has 1 aliphatic heterocycles. The fourth-order valence-corrected chi connectivity index (χ4v) is 4.75. The molecule has 0 saturated carbocycles. The highest BCUT2D eigenvalue weighted by molar-refractivity contribution is 5.82. The summed E-state index contributed by atoms with van der Waals surface area (Å²) in [6.07, 6.45) is 7.80. The molecular formula is C28H30FN3O5. The van der Waals surface area contributed by atoms with Gasteiger partial charge in [-0.3, -0.25) is 19.4 Å². The van der Waals surface area contributed by atoms with E-state index in [2.05, 4.69) is 10.3 Å². The van der Waals surface area contributed by atoms with E-state index in [-0.39, 0.29) is 12.0 Å². The lowest BCUT2D eigenvalue weighted by atomic mass is 9.96. The van der Waals surface area contributed by atoms with E-state index in [4.69, 9.17) is 4.74 Å². The maximum atomic E-state index is 14.2. The van der Waals surface area contributed by atoms with E-state index in [1.807, 2.05) is 0 Å². The number of aromatic nitrogens is 2. The van der Waals surface area contributed by atoms with E-state index < -0.39 is 29.8 Å². The predicted molar refractivity (Wildman–Crippen MR) is 136 cm³/mol. The Hall–Kier alpha value is -4.01. The van der Waals surface area contributed by atoms with E-state index >= 15 is 0 Å². The Morgan fingerprint density at radius 3 is 2.76 bits per heavy atom. The van der Waals surface area contributed by atoms with Crippen molar-refractivity contribution in [3.8, 4) is 16.9 Å². The number of benzene rings is 1. The van der Waals surface area contributed by atoms with E-state index in [1.54, 1.807) is 37.5 Å². The number of aryl methyl sites for hydroxylation is 1. The first kappa shape index (κ1) is 26.1. The van der Waals surface area contributed by atoms with Gasteiger partial charge in [-0.15, -0.1) is 0 Å². The summed E-state index contributed by atoms with van der Waals surface area (Å²) in [7, 11) is 0. The summed E-state index contributed by atoms with van der Waals surface area (Å²) in [6.45, 7) is 2.17. The number of nitrogens with zero attached hydrogens (tertiary/aromatic N) is 2. The van der Waals surface area contributed by atoms with Crippen LogP contribution in [0.15, 0.2) is 59.8 Å². The largest absolute Gasteiger partial charge is 0.493 e. The van der Waals surface area contributed by atoms with Crippen LogP contribution in [0.5, 0.6) is 5.75 Å². The molecule has 2 atom stereocenters. The van der Waals surface area contributed by atoms with Crippen LogP contribution in [-0.2, 0) is 9.59 Å². The van der Waals surface area contributed by atoms with Gasteiger partial charge in [0.25, 0.3) is 5.56 Å². The van der Waals surface area contributed by atoms with Gasteiger partial charge in [-0.1, -0.05) is 25.3 Å². The predicted octanol–water partition coefficient (Wildman–Crippen LogP) is 4.57. The van der Waals surface area contributed by atoms with Crippen molar-refractivity contribution in [2.24, 2.45) is 0 Å². The first-order valence-corrected chi connectivity index (χ1v) is 12.4. The van der Waals surface area contributed by atoms with Crippen LogP contribution in [0.2, 0.25) is 0 Å². The first-order valence-electron chi connectivity index (χ1n) is 12.4. The number of rotatable bonds is 3. The van der Waals surface area contributed by atoms with Crippen LogP contribution in [0.1, 0.15) is 61.7 Å². The lowest BCUT2D eigenvalue weighted by Crippen LogP contribution is -2.39. The van der Waals surface area contributed by atoms with E-state index in [9.17, 15) is 23.9 Å². The highest BCUT2D eigenvalue weighted by Gasteiger charge is 2.26. The van der Waals surface area contributed by atoms with Crippen molar-refractivity contribution in [1.82, 2.24) is 14.9 Å². The number of carbonyl (C=O) groups is 2. The molecule has 0 fully saturated rings. The van der Waals surface area contributed by atoms with Crippen LogP contribution < -0.4 is 15.6 Å². The van der Waals surface area contributed by atoms with Gasteiger partial charge in [0.1, 0.15) is 17.6 Å². The molecule has 1 aromatic carbocycles. The van der Waals surface area contributed by atoms with Crippen molar-refractivity contribution >= 4 is 11.9 Å². The first-order chi connectivity index (χ1) is 17.8. The Labute approximate surface area is 214 Å². The number of amides is 1. The van der Waals surface area contributed by atoms with Crippen LogP contribution in [0.4, 0.5) is 4.39 Å². The van der Waals surface area contributed by atoms with Crippen molar-refractivity contribution in [3.05, 3.63) is 82.3 Å². The van der Waals surface area contributed by atoms with Crippen LogP contribution in [0, 0.1) is 12.7 Å². The number of aliphatic carboxylic acids is 1. The van der Waals surface area contributed by atoms with Gasteiger partial charge < -0.3 is 19.7 Å². The Balaban J connectivity index is 1.78. The normalized spacial score (nSPS) is 18.8. The molecule has 37 heavy (non-hydrogen) atoms. The summed E-state index contributed by atoms with van der Waals surface area (Å²) < 4.78 is 21.6. The number of pyridine rings is 2. The smallest absolute Gasteiger partial charge is 0.305 e. The Morgan fingerprint density at radius 1 is 1.16 bits per heavy atom. The molecule has 2 N–H and O–H groups in total. The molecule has 9 heteroatoms. The molecule has 4 rings (SSSR count). The molecule has 2 bridgehead atoms. The third-order valence-electron chi connectivity index (χ3n) is 6.53. The summed E-state index contributed by atoms with van der Waals surface area (Å²) in [5.41, 5.74) is 2.12. The van der Waals surface area contributed by atoms with Crippen molar-refractivity contribution in [2.45, 2.75) is 57.5 Å². The number of carboxylic acids is 1. The van der Waals surface area contributed by atoms with E-state index in [1.165, 1.54) is 29.0 Å². The zero-order valence-electron chi connectivity index (χ0n) is 20.7. The second-order valence-corrected chi connectivity index (χ2v) is 9.28. The van der Waals surface area contributed by atoms with Crippen LogP contribution >= 0.6 is 0 Å². The molecule has 0 unspecified atom stereocenters. The molecule has 8 nitrogen and oxygen atoms in total. The zero-order chi connectivity index (χ0) is 26.4. The number of hydrogen-bond acceptors (Lipinski definition) is 5. The lowest BCUT2D eigenvalue weighted by molar-refractivity contribution is -0.138. The Morgan fingerprint density at radius 2 is 1.97 bits per heavy atom. The Bertz CT molecular complexity index is 1340. The molecule has 0 radical (unpaired) electrons. The highest BCUT2D eigenvalue weighted by atomic mass is 19.1. The van der Waals surface area contributed by atoms with Gasteiger partial charge in [-0.25, -0.2) is 4.39 Å². The minimum Gasteiger partial charge on any atom is -0.493 e. The number of carboxylic acid groups (broad SMARTS) is 1. The third kappa shape index (κ3) is 6.41. The standard InChI is InChI=1S/C28H30FN3O5/c1-18-12-21(29)14-24-27(18)20-13-19(16-30-17-20)22(15-26(34)35)31-28(36)23(8-4-2-3-7-11-37-24)32-10-6-5-9-25(32)33/h5-6,9-10,12-14,16-17,22-23H,2-4,7-8,11,15H2,1H3,(H,31,36)(H,34,35)/t22-,23-/m0/s1. The molecule has 0 saturated heterocycles. The maximum absolute atomic E-state index is 14.2. The summed E-state index contributed by atoms with van der Waals surface area (Å²) in [5, 5.41) is 12.4. The number of ether oxygens (including phenoxy) is 1. The molecular weight excluding hydrogens is 477 g/mol. The zero-order valence-corrected chi connectivity index (χ0v) is 20.7. The monoisotopic (exact) mass is 507 g/mol. The molecule has 1 amide bonds. The topological polar surface area (TPSA) is 111 Å². The van der Waals surface area contributed by atoms with Crippen molar-refractivity contribution in [2.75, 3.05) is 6.61 Å². The second-order valence-electron chi connectivity index (χ2n) is 9.28. The number of carbonyl (C=O) groups excluding carboxylic acids is 1. The molecule has 3 aromatic rings. The maximum Gasteiger partial charge on any atom is 0.305 e. The summed E-state index contributed by atoms with van der Waals surface area (Å²) in [5.74, 6) is -1.54. The van der Waals surface area contributed by atoms with Crippen LogP contribution in [-0.4, -0.2) is 33.1 Å². The average molecular weight is 508 g/mol. The van der Waals surface area contributed by atoms with Gasteiger partial charge in [0, 0.05) is 41.9 Å². The van der Waals surface area contributed by atoms with E-state index in [0.29, 0.717) is 47.5 Å².